The molecule has 1 atom stereocenters. The highest BCUT2D eigenvalue weighted by atomic mass is 16.5. The van der Waals surface area contributed by atoms with E-state index >= 15 is 0 Å². The largest absolute Gasteiger partial charge is 0.481 e. The zero-order valence-corrected chi connectivity index (χ0v) is 16.5. The predicted octanol–water partition coefficient (Wildman–Crippen LogP) is 2.84. The van der Waals surface area contributed by atoms with Gasteiger partial charge in [0.1, 0.15) is 5.75 Å². The molecule has 1 aromatic carbocycles. The summed E-state index contributed by atoms with van der Waals surface area (Å²) in [5.74, 6) is 1.11. The number of rotatable bonds is 5. The molecule has 1 unspecified atom stereocenters. The van der Waals surface area contributed by atoms with E-state index in [1.807, 2.05) is 29.2 Å². The number of hydrogen-bond donors (Lipinski definition) is 1. The average Bonchev–Trinajstić information content (AvgIpc) is 2.61. The molecule has 1 heterocycles. The maximum atomic E-state index is 12.7. The van der Waals surface area contributed by atoms with Crippen molar-refractivity contribution in [3.8, 4) is 5.75 Å². The second kappa shape index (κ2) is 8.92. The van der Waals surface area contributed by atoms with Crippen molar-refractivity contribution >= 4 is 11.9 Å². The van der Waals surface area contributed by atoms with E-state index in [9.17, 15) is 9.59 Å². The topological polar surface area (TPSA) is 61.9 Å². The van der Waals surface area contributed by atoms with Crippen molar-refractivity contribution in [2.75, 3.05) is 27.2 Å². The standard InChI is InChI=1S/C20H31N3O3/c1-14(2)17-8-6-7-9-18(17)26-15(3)19(24)23-12-10-16(11-13-23)21-20(25)22(4)5/h6-9,14-16H,10-13H2,1-5H3,(H,21,25). The first-order valence-corrected chi connectivity index (χ1v) is 9.31. The van der Waals surface area contributed by atoms with Crippen molar-refractivity contribution in [2.45, 2.75) is 51.7 Å². The third kappa shape index (κ3) is 5.13. The van der Waals surface area contributed by atoms with Gasteiger partial charge in [0, 0.05) is 33.2 Å². The molecule has 1 fully saturated rings. The van der Waals surface area contributed by atoms with Crippen LogP contribution in [0.25, 0.3) is 0 Å². The Labute approximate surface area is 156 Å². The molecule has 1 aliphatic heterocycles. The Bertz CT molecular complexity index is 622. The Morgan fingerprint density at radius 2 is 1.77 bits per heavy atom. The number of amides is 3. The van der Waals surface area contributed by atoms with Crippen LogP contribution >= 0.6 is 0 Å². The van der Waals surface area contributed by atoms with E-state index in [1.54, 1.807) is 21.0 Å². The summed E-state index contributed by atoms with van der Waals surface area (Å²) in [4.78, 5) is 27.8. The van der Waals surface area contributed by atoms with Crippen molar-refractivity contribution < 1.29 is 14.3 Å². The molecule has 1 aromatic rings. The molecule has 144 valence electrons. The Kier molecular flexibility index (Phi) is 6.89. The highest BCUT2D eigenvalue weighted by Crippen LogP contribution is 2.27. The minimum absolute atomic E-state index is 0.000875. The molecular formula is C20H31N3O3. The maximum absolute atomic E-state index is 12.7. The lowest BCUT2D eigenvalue weighted by Gasteiger charge is -2.34. The fraction of sp³-hybridized carbons (Fsp3) is 0.600. The molecule has 0 saturated carbocycles. The second-order valence-electron chi connectivity index (χ2n) is 7.40. The quantitative estimate of drug-likeness (QED) is 0.877. The van der Waals surface area contributed by atoms with Gasteiger partial charge < -0.3 is 19.9 Å². The van der Waals surface area contributed by atoms with Gasteiger partial charge in [-0.15, -0.1) is 0 Å². The number of nitrogens with zero attached hydrogens (tertiary/aromatic N) is 2. The Morgan fingerprint density at radius 1 is 1.15 bits per heavy atom. The summed E-state index contributed by atoms with van der Waals surface area (Å²) >= 11 is 0. The first kappa shape index (κ1) is 20.1. The number of urea groups is 1. The van der Waals surface area contributed by atoms with Crippen LogP contribution in [0.2, 0.25) is 0 Å². The molecule has 1 saturated heterocycles. The van der Waals surface area contributed by atoms with Crippen LogP contribution in [0.5, 0.6) is 5.75 Å². The van der Waals surface area contributed by atoms with E-state index in [0.29, 0.717) is 19.0 Å². The molecule has 2 rings (SSSR count). The lowest BCUT2D eigenvalue weighted by molar-refractivity contribution is -0.139. The number of carbonyl (C=O) groups is 2. The number of piperidine rings is 1. The number of benzene rings is 1. The second-order valence-corrected chi connectivity index (χ2v) is 7.40. The molecule has 3 amide bonds. The van der Waals surface area contributed by atoms with E-state index < -0.39 is 6.10 Å². The van der Waals surface area contributed by atoms with Gasteiger partial charge in [0.25, 0.3) is 5.91 Å². The van der Waals surface area contributed by atoms with Crippen molar-refractivity contribution in [1.29, 1.82) is 0 Å². The lowest BCUT2D eigenvalue weighted by atomic mass is 10.0. The summed E-state index contributed by atoms with van der Waals surface area (Å²) in [6.07, 6.45) is 1.00. The van der Waals surface area contributed by atoms with Crippen molar-refractivity contribution in [1.82, 2.24) is 15.1 Å². The monoisotopic (exact) mass is 361 g/mol. The van der Waals surface area contributed by atoms with Gasteiger partial charge in [0.15, 0.2) is 6.10 Å². The first-order valence-electron chi connectivity index (χ1n) is 9.31. The maximum Gasteiger partial charge on any atom is 0.317 e. The first-order chi connectivity index (χ1) is 12.3. The van der Waals surface area contributed by atoms with Crippen LogP contribution in [0.3, 0.4) is 0 Å². The number of hydrogen-bond acceptors (Lipinski definition) is 3. The molecule has 0 bridgehead atoms. The van der Waals surface area contributed by atoms with E-state index in [0.717, 1.165) is 24.2 Å². The number of carbonyl (C=O) groups excluding carboxylic acids is 2. The summed E-state index contributed by atoms with van der Waals surface area (Å²) in [5.41, 5.74) is 1.11. The Balaban J connectivity index is 1.89. The lowest BCUT2D eigenvalue weighted by Crippen LogP contribution is -2.51. The summed E-state index contributed by atoms with van der Waals surface area (Å²) in [6, 6.07) is 7.90. The van der Waals surface area contributed by atoms with E-state index in [1.165, 1.54) is 4.90 Å². The number of ether oxygens (including phenoxy) is 1. The normalized spacial score (nSPS) is 16.3. The molecule has 0 spiro atoms. The molecule has 0 radical (unpaired) electrons. The zero-order valence-electron chi connectivity index (χ0n) is 16.5. The minimum Gasteiger partial charge on any atom is -0.481 e. The predicted molar refractivity (Wildman–Crippen MR) is 102 cm³/mol. The molecule has 1 N–H and O–H groups in total. The van der Waals surface area contributed by atoms with Gasteiger partial charge in [0.2, 0.25) is 0 Å². The molecule has 26 heavy (non-hydrogen) atoms. The van der Waals surface area contributed by atoms with Crippen LogP contribution in [0.15, 0.2) is 24.3 Å². The van der Waals surface area contributed by atoms with Gasteiger partial charge in [-0.1, -0.05) is 32.0 Å². The summed E-state index contributed by atoms with van der Waals surface area (Å²) in [6.45, 7) is 7.30. The Hall–Kier alpha value is -2.24. The van der Waals surface area contributed by atoms with Crippen LogP contribution < -0.4 is 10.1 Å². The number of para-hydroxylation sites is 1. The van der Waals surface area contributed by atoms with Crippen LogP contribution in [0, 0.1) is 0 Å². The smallest absolute Gasteiger partial charge is 0.317 e. The van der Waals surface area contributed by atoms with Gasteiger partial charge in [-0.05, 0) is 37.3 Å². The number of likely N-dealkylation sites (tertiary alicyclic amines) is 1. The van der Waals surface area contributed by atoms with Crippen molar-refractivity contribution in [3.05, 3.63) is 29.8 Å². The van der Waals surface area contributed by atoms with E-state index in [2.05, 4.69) is 19.2 Å². The molecule has 6 nitrogen and oxygen atoms in total. The van der Waals surface area contributed by atoms with Gasteiger partial charge in [-0.2, -0.15) is 0 Å². The number of nitrogens with one attached hydrogen (secondary N) is 1. The van der Waals surface area contributed by atoms with Gasteiger partial charge in [-0.25, -0.2) is 4.79 Å². The van der Waals surface area contributed by atoms with Crippen LogP contribution in [-0.4, -0.2) is 61.1 Å². The Morgan fingerprint density at radius 3 is 2.35 bits per heavy atom. The van der Waals surface area contributed by atoms with Crippen LogP contribution in [-0.2, 0) is 4.79 Å². The third-order valence-electron chi connectivity index (χ3n) is 4.73. The third-order valence-corrected chi connectivity index (χ3v) is 4.73. The van der Waals surface area contributed by atoms with Gasteiger partial charge >= 0.3 is 6.03 Å². The zero-order chi connectivity index (χ0) is 19.3. The van der Waals surface area contributed by atoms with Crippen molar-refractivity contribution in [3.63, 3.8) is 0 Å². The van der Waals surface area contributed by atoms with Crippen molar-refractivity contribution in [2.24, 2.45) is 0 Å². The van der Waals surface area contributed by atoms with Gasteiger partial charge in [-0.3, -0.25) is 4.79 Å². The van der Waals surface area contributed by atoms with Crippen LogP contribution in [0.4, 0.5) is 4.79 Å². The fourth-order valence-corrected chi connectivity index (χ4v) is 3.11. The molecule has 6 heteroatoms. The van der Waals surface area contributed by atoms with E-state index in [-0.39, 0.29) is 18.0 Å². The molecule has 0 aliphatic carbocycles. The SMILES string of the molecule is CC(Oc1ccccc1C(C)C)C(=O)N1CCC(NC(=O)N(C)C)CC1. The molecule has 0 aromatic heterocycles. The summed E-state index contributed by atoms with van der Waals surface area (Å²) in [5, 5.41) is 2.98. The summed E-state index contributed by atoms with van der Waals surface area (Å²) < 4.78 is 5.98. The molecular weight excluding hydrogens is 330 g/mol. The van der Waals surface area contributed by atoms with Crippen LogP contribution in [0.1, 0.15) is 45.1 Å². The highest BCUT2D eigenvalue weighted by molar-refractivity contribution is 5.81. The summed E-state index contributed by atoms with van der Waals surface area (Å²) in [7, 11) is 3.45. The highest BCUT2D eigenvalue weighted by Gasteiger charge is 2.28. The van der Waals surface area contributed by atoms with E-state index in [4.69, 9.17) is 4.74 Å². The van der Waals surface area contributed by atoms with Gasteiger partial charge in [0.05, 0.1) is 0 Å². The minimum atomic E-state index is -0.525. The molecule has 1 aliphatic rings. The average molecular weight is 361 g/mol. The fourth-order valence-electron chi connectivity index (χ4n) is 3.11.